The van der Waals surface area contributed by atoms with Crippen LogP contribution in [-0.4, -0.2) is 17.2 Å². The summed E-state index contributed by atoms with van der Waals surface area (Å²) < 4.78 is 0. The molecule has 3 aromatic rings. The van der Waals surface area contributed by atoms with Crippen molar-refractivity contribution in [2.75, 3.05) is 0 Å². The lowest BCUT2D eigenvalue weighted by Crippen LogP contribution is -2.16. The molecule has 0 aliphatic rings. The van der Waals surface area contributed by atoms with E-state index in [0.717, 1.165) is 10.8 Å². The summed E-state index contributed by atoms with van der Waals surface area (Å²) in [6, 6.07) is 14.7. The number of phenolic OH excluding ortho intramolecular Hbond substituents is 1. The van der Waals surface area contributed by atoms with Crippen molar-refractivity contribution in [1.82, 2.24) is 5.43 Å². The molecule has 1 amide bonds. The molecular formula is C16H12N2O2S. The first kappa shape index (κ1) is 13.3. The Morgan fingerprint density at radius 1 is 1.14 bits per heavy atom. The highest BCUT2D eigenvalue weighted by atomic mass is 32.1. The van der Waals surface area contributed by atoms with Crippen LogP contribution in [0, 0.1) is 0 Å². The second kappa shape index (κ2) is 5.76. The number of carbonyl (C=O) groups excluding carboxylic acids is 1. The van der Waals surface area contributed by atoms with Gasteiger partial charge in [-0.15, -0.1) is 11.3 Å². The number of hydrogen-bond donors (Lipinski definition) is 2. The Balaban J connectivity index is 1.86. The highest BCUT2D eigenvalue weighted by Gasteiger charge is 2.06. The number of aromatic hydroxyl groups is 1. The van der Waals surface area contributed by atoms with E-state index in [1.807, 2.05) is 35.7 Å². The van der Waals surface area contributed by atoms with Crippen LogP contribution in [0.2, 0.25) is 0 Å². The van der Waals surface area contributed by atoms with Crippen molar-refractivity contribution in [1.29, 1.82) is 0 Å². The molecule has 2 N–H and O–H groups in total. The Bertz CT molecular complexity index is 810. The Morgan fingerprint density at radius 3 is 2.81 bits per heavy atom. The largest absolute Gasteiger partial charge is 0.507 e. The molecule has 4 nitrogen and oxygen atoms in total. The molecule has 0 bridgehead atoms. The van der Waals surface area contributed by atoms with Crippen LogP contribution in [0.25, 0.3) is 10.8 Å². The van der Waals surface area contributed by atoms with E-state index < -0.39 is 0 Å². The van der Waals surface area contributed by atoms with Gasteiger partial charge in [0.1, 0.15) is 5.75 Å². The third-order valence-electron chi connectivity index (χ3n) is 3.05. The number of fused-ring (bicyclic) bond motifs is 1. The van der Waals surface area contributed by atoms with E-state index in [4.69, 9.17) is 0 Å². The van der Waals surface area contributed by atoms with Crippen LogP contribution in [0.15, 0.2) is 59.0 Å². The molecule has 1 aromatic heterocycles. The zero-order chi connectivity index (χ0) is 14.7. The lowest BCUT2D eigenvalue weighted by molar-refractivity contribution is 0.0959. The fourth-order valence-corrected chi connectivity index (χ4v) is 2.65. The Hall–Kier alpha value is -2.66. The molecule has 0 aliphatic heterocycles. The van der Waals surface area contributed by atoms with Crippen LogP contribution in [0.4, 0.5) is 0 Å². The second-order valence-electron chi connectivity index (χ2n) is 4.40. The average Bonchev–Trinajstić information content (AvgIpc) is 3.04. The van der Waals surface area contributed by atoms with Gasteiger partial charge in [0.05, 0.1) is 11.1 Å². The molecule has 1 heterocycles. The maximum Gasteiger partial charge on any atom is 0.281 e. The Morgan fingerprint density at radius 2 is 2.00 bits per heavy atom. The van der Waals surface area contributed by atoms with Gasteiger partial charge >= 0.3 is 0 Å². The molecule has 0 atom stereocenters. The van der Waals surface area contributed by atoms with E-state index in [1.54, 1.807) is 18.2 Å². The Labute approximate surface area is 125 Å². The summed E-state index contributed by atoms with van der Waals surface area (Å²) in [5, 5.41) is 17.6. The van der Waals surface area contributed by atoms with Gasteiger partial charge in [-0.2, -0.15) is 5.10 Å². The SMILES string of the molecule is O=C(NN=Cc1c(O)ccc2ccccc12)c1cccs1. The number of hydrogen-bond acceptors (Lipinski definition) is 4. The molecule has 0 spiro atoms. The maximum atomic E-state index is 11.8. The van der Waals surface area contributed by atoms with Crippen molar-refractivity contribution in [2.24, 2.45) is 5.10 Å². The van der Waals surface area contributed by atoms with Crippen molar-refractivity contribution in [3.8, 4) is 5.75 Å². The molecule has 0 radical (unpaired) electrons. The summed E-state index contributed by atoms with van der Waals surface area (Å²) in [6.07, 6.45) is 1.46. The highest BCUT2D eigenvalue weighted by Crippen LogP contribution is 2.25. The van der Waals surface area contributed by atoms with Gasteiger partial charge in [-0.3, -0.25) is 4.79 Å². The number of amides is 1. The summed E-state index contributed by atoms with van der Waals surface area (Å²) in [5.74, 6) is -0.135. The van der Waals surface area contributed by atoms with E-state index >= 15 is 0 Å². The number of rotatable bonds is 3. The fraction of sp³-hybridized carbons (Fsp3) is 0. The molecular weight excluding hydrogens is 284 g/mol. The molecule has 21 heavy (non-hydrogen) atoms. The van der Waals surface area contributed by atoms with E-state index in [0.29, 0.717) is 10.4 Å². The van der Waals surface area contributed by atoms with Crippen LogP contribution >= 0.6 is 11.3 Å². The Kier molecular flexibility index (Phi) is 3.66. The van der Waals surface area contributed by atoms with Gasteiger partial charge in [0.2, 0.25) is 0 Å². The topological polar surface area (TPSA) is 61.7 Å². The molecule has 0 aliphatic carbocycles. The van der Waals surface area contributed by atoms with Crippen LogP contribution in [-0.2, 0) is 0 Å². The smallest absolute Gasteiger partial charge is 0.281 e. The maximum absolute atomic E-state index is 11.8. The first-order valence-electron chi connectivity index (χ1n) is 6.33. The van der Waals surface area contributed by atoms with Gasteiger partial charge in [0, 0.05) is 5.56 Å². The minimum atomic E-state index is -0.263. The predicted molar refractivity (Wildman–Crippen MR) is 85.0 cm³/mol. The van der Waals surface area contributed by atoms with Crippen molar-refractivity contribution in [3.63, 3.8) is 0 Å². The third-order valence-corrected chi connectivity index (χ3v) is 3.92. The van der Waals surface area contributed by atoms with E-state index in [1.165, 1.54) is 17.6 Å². The molecule has 3 rings (SSSR count). The molecule has 0 saturated carbocycles. The van der Waals surface area contributed by atoms with Crippen molar-refractivity contribution >= 4 is 34.2 Å². The third kappa shape index (κ3) is 2.78. The molecule has 0 unspecified atom stereocenters. The average molecular weight is 296 g/mol. The summed E-state index contributed by atoms with van der Waals surface area (Å²) in [7, 11) is 0. The van der Waals surface area contributed by atoms with Crippen LogP contribution in [0.5, 0.6) is 5.75 Å². The number of benzene rings is 2. The first-order valence-corrected chi connectivity index (χ1v) is 7.21. The van der Waals surface area contributed by atoms with Gasteiger partial charge in [0.15, 0.2) is 0 Å². The lowest BCUT2D eigenvalue weighted by Gasteiger charge is -2.04. The monoisotopic (exact) mass is 296 g/mol. The number of nitrogens with zero attached hydrogens (tertiary/aromatic N) is 1. The standard InChI is InChI=1S/C16H12N2O2S/c19-14-8-7-11-4-1-2-5-12(11)13(14)10-17-18-16(20)15-6-3-9-21-15/h1-10,19H,(H,18,20). The van der Waals surface area contributed by atoms with Crippen molar-refractivity contribution in [3.05, 3.63) is 64.4 Å². The number of phenols is 1. The van der Waals surface area contributed by atoms with Gasteiger partial charge < -0.3 is 5.11 Å². The van der Waals surface area contributed by atoms with Crippen molar-refractivity contribution in [2.45, 2.75) is 0 Å². The van der Waals surface area contributed by atoms with Gasteiger partial charge in [-0.1, -0.05) is 36.4 Å². The van der Waals surface area contributed by atoms with E-state index in [9.17, 15) is 9.90 Å². The highest BCUT2D eigenvalue weighted by molar-refractivity contribution is 7.12. The minimum absolute atomic E-state index is 0.128. The number of hydrazone groups is 1. The second-order valence-corrected chi connectivity index (χ2v) is 5.34. The zero-order valence-electron chi connectivity index (χ0n) is 11.0. The summed E-state index contributed by atoms with van der Waals surface area (Å²) in [5.41, 5.74) is 3.04. The molecule has 104 valence electrons. The predicted octanol–water partition coefficient (Wildman–Crippen LogP) is 3.37. The van der Waals surface area contributed by atoms with Gasteiger partial charge in [-0.25, -0.2) is 5.43 Å². The van der Waals surface area contributed by atoms with Gasteiger partial charge in [0.25, 0.3) is 5.91 Å². The molecule has 0 fully saturated rings. The number of carbonyl (C=O) groups is 1. The van der Waals surface area contributed by atoms with Crippen LogP contribution in [0.1, 0.15) is 15.2 Å². The van der Waals surface area contributed by atoms with E-state index in [2.05, 4.69) is 10.5 Å². The summed E-state index contributed by atoms with van der Waals surface area (Å²) >= 11 is 1.35. The first-order chi connectivity index (χ1) is 10.3. The lowest BCUT2D eigenvalue weighted by atomic mass is 10.0. The van der Waals surface area contributed by atoms with Gasteiger partial charge in [-0.05, 0) is 28.3 Å². The number of thiophene rings is 1. The minimum Gasteiger partial charge on any atom is -0.507 e. The quantitative estimate of drug-likeness (QED) is 0.575. The van der Waals surface area contributed by atoms with E-state index in [-0.39, 0.29) is 11.7 Å². The molecule has 2 aromatic carbocycles. The molecule has 5 heteroatoms. The van der Waals surface area contributed by atoms with Crippen LogP contribution < -0.4 is 5.43 Å². The molecule has 0 saturated heterocycles. The summed E-state index contributed by atoms with van der Waals surface area (Å²) in [4.78, 5) is 12.4. The zero-order valence-corrected chi connectivity index (χ0v) is 11.8. The number of nitrogens with one attached hydrogen (secondary N) is 1. The van der Waals surface area contributed by atoms with Crippen LogP contribution in [0.3, 0.4) is 0 Å². The summed E-state index contributed by atoms with van der Waals surface area (Å²) in [6.45, 7) is 0. The fourth-order valence-electron chi connectivity index (χ4n) is 2.04. The normalized spacial score (nSPS) is 11.0. The van der Waals surface area contributed by atoms with Crippen molar-refractivity contribution < 1.29 is 9.90 Å².